The number of carbonyl (C=O) groups excluding carboxylic acids is 2. The number of amides is 1. The van der Waals surface area contributed by atoms with Crippen molar-refractivity contribution in [1.82, 2.24) is 4.90 Å². The van der Waals surface area contributed by atoms with E-state index >= 15 is 0 Å². The van der Waals surface area contributed by atoms with Crippen molar-refractivity contribution in [3.8, 4) is 0 Å². The highest BCUT2D eigenvalue weighted by molar-refractivity contribution is 5.97. The normalized spacial score (nSPS) is 15.4. The topological polar surface area (TPSA) is 72.6 Å². The van der Waals surface area contributed by atoms with Crippen molar-refractivity contribution >= 4 is 11.7 Å². The van der Waals surface area contributed by atoms with E-state index in [1.165, 1.54) is 6.07 Å². The Morgan fingerprint density at radius 2 is 1.88 bits per heavy atom. The first-order valence-corrected chi connectivity index (χ1v) is 8.59. The number of nitrogens with zero attached hydrogens (tertiary/aromatic N) is 1. The SMILES string of the molecule is NCCCOC1CCN(C(=O)CCC(=O)c2ccc(F)c(F)c2)CC1. The van der Waals surface area contributed by atoms with E-state index in [-0.39, 0.29) is 36.2 Å². The van der Waals surface area contributed by atoms with Crippen molar-refractivity contribution in [2.45, 2.75) is 38.2 Å². The van der Waals surface area contributed by atoms with Crippen LogP contribution in [-0.4, -0.2) is 48.9 Å². The molecule has 1 aliphatic rings. The van der Waals surface area contributed by atoms with Gasteiger partial charge in [0.25, 0.3) is 0 Å². The summed E-state index contributed by atoms with van der Waals surface area (Å²) in [6, 6.07) is 3.02. The van der Waals surface area contributed by atoms with Crippen molar-refractivity contribution < 1.29 is 23.1 Å². The fourth-order valence-corrected chi connectivity index (χ4v) is 2.80. The summed E-state index contributed by atoms with van der Waals surface area (Å²) >= 11 is 0. The second-order valence-corrected chi connectivity index (χ2v) is 6.15. The average molecular weight is 354 g/mol. The molecule has 7 heteroatoms. The largest absolute Gasteiger partial charge is 0.378 e. The van der Waals surface area contributed by atoms with E-state index in [1.807, 2.05) is 0 Å². The molecule has 1 saturated heterocycles. The fraction of sp³-hybridized carbons (Fsp3) is 0.556. The number of hydrogen-bond acceptors (Lipinski definition) is 4. The highest BCUT2D eigenvalue weighted by Crippen LogP contribution is 2.16. The van der Waals surface area contributed by atoms with Crippen molar-refractivity contribution in [1.29, 1.82) is 0 Å². The number of likely N-dealkylation sites (tertiary alicyclic amines) is 1. The second-order valence-electron chi connectivity index (χ2n) is 6.15. The number of Topliss-reactive ketones (excluding diaryl/α,β-unsaturated/α-hetero) is 1. The third-order valence-electron chi connectivity index (χ3n) is 4.30. The van der Waals surface area contributed by atoms with E-state index < -0.39 is 11.6 Å². The fourth-order valence-electron chi connectivity index (χ4n) is 2.80. The first-order valence-electron chi connectivity index (χ1n) is 8.59. The van der Waals surface area contributed by atoms with Crippen LogP contribution in [0, 0.1) is 11.6 Å². The Bertz CT molecular complexity index is 602. The summed E-state index contributed by atoms with van der Waals surface area (Å²) in [4.78, 5) is 25.9. The molecule has 1 fully saturated rings. The van der Waals surface area contributed by atoms with Gasteiger partial charge in [0.05, 0.1) is 6.10 Å². The van der Waals surface area contributed by atoms with Gasteiger partial charge in [-0.15, -0.1) is 0 Å². The molecule has 0 bridgehead atoms. The minimum absolute atomic E-state index is 0.0170. The third kappa shape index (κ3) is 5.86. The maximum atomic E-state index is 13.2. The predicted molar refractivity (Wildman–Crippen MR) is 89.1 cm³/mol. The van der Waals surface area contributed by atoms with Crippen LogP contribution in [-0.2, 0) is 9.53 Å². The number of benzene rings is 1. The molecule has 0 spiro atoms. The van der Waals surface area contributed by atoms with Gasteiger partial charge in [0.1, 0.15) is 0 Å². The number of carbonyl (C=O) groups is 2. The zero-order chi connectivity index (χ0) is 18.2. The minimum atomic E-state index is -1.06. The van der Waals surface area contributed by atoms with E-state index in [0.29, 0.717) is 26.2 Å². The quantitative estimate of drug-likeness (QED) is 0.574. The van der Waals surface area contributed by atoms with Crippen molar-refractivity contribution in [3.63, 3.8) is 0 Å². The molecular weight excluding hydrogens is 330 g/mol. The van der Waals surface area contributed by atoms with Gasteiger partial charge in [-0.05, 0) is 44.0 Å². The zero-order valence-corrected chi connectivity index (χ0v) is 14.2. The number of hydrogen-bond donors (Lipinski definition) is 1. The lowest BCUT2D eigenvalue weighted by molar-refractivity contribution is -0.133. The molecule has 0 aliphatic carbocycles. The lowest BCUT2D eigenvalue weighted by atomic mass is 10.0. The molecule has 0 radical (unpaired) electrons. The van der Waals surface area contributed by atoms with Crippen molar-refractivity contribution in [3.05, 3.63) is 35.4 Å². The van der Waals surface area contributed by atoms with Gasteiger partial charge in [-0.3, -0.25) is 9.59 Å². The molecule has 0 unspecified atom stereocenters. The lowest BCUT2D eigenvalue weighted by Crippen LogP contribution is -2.41. The zero-order valence-electron chi connectivity index (χ0n) is 14.2. The first-order chi connectivity index (χ1) is 12.0. The second kappa shape index (κ2) is 9.58. The van der Waals surface area contributed by atoms with E-state index in [0.717, 1.165) is 31.4 Å². The standard InChI is InChI=1S/C18H24F2N2O3/c19-15-3-2-13(12-16(15)20)17(23)4-5-18(24)22-9-6-14(7-10-22)25-11-1-8-21/h2-3,12,14H,1,4-11,21H2. The molecule has 0 saturated carbocycles. The molecule has 5 nitrogen and oxygen atoms in total. The maximum Gasteiger partial charge on any atom is 0.223 e. The maximum absolute atomic E-state index is 13.2. The van der Waals surface area contributed by atoms with Crippen LogP contribution in [0.2, 0.25) is 0 Å². The van der Waals surface area contributed by atoms with Crippen LogP contribution < -0.4 is 5.73 Å². The van der Waals surface area contributed by atoms with Crippen LogP contribution in [0.3, 0.4) is 0 Å². The monoisotopic (exact) mass is 354 g/mol. The van der Waals surface area contributed by atoms with Crippen molar-refractivity contribution in [2.75, 3.05) is 26.2 Å². The van der Waals surface area contributed by atoms with Crippen LogP contribution in [0.5, 0.6) is 0 Å². The molecule has 138 valence electrons. The Morgan fingerprint density at radius 1 is 1.16 bits per heavy atom. The number of halogens is 2. The summed E-state index contributed by atoms with van der Waals surface area (Å²) in [6.45, 7) is 2.44. The van der Waals surface area contributed by atoms with E-state index in [1.54, 1.807) is 4.90 Å². The summed E-state index contributed by atoms with van der Waals surface area (Å²) in [5.74, 6) is -2.53. The van der Waals surface area contributed by atoms with Gasteiger partial charge >= 0.3 is 0 Å². The van der Waals surface area contributed by atoms with E-state index in [9.17, 15) is 18.4 Å². The Balaban J connectivity index is 1.73. The highest BCUT2D eigenvalue weighted by Gasteiger charge is 2.23. The molecule has 1 amide bonds. The lowest BCUT2D eigenvalue weighted by Gasteiger charge is -2.32. The van der Waals surface area contributed by atoms with Gasteiger partial charge < -0.3 is 15.4 Å². The molecule has 0 aromatic heterocycles. The molecule has 1 heterocycles. The summed E-state index contributed by atoms with van der Waals surface area (Å²) < 4.78 is 31.7. The van der Waals surface area contributed by atoms with Gasteiger partial charge in [-0.1, -0.05) is 0 Å². The molecule has 0 atom stereocenters. The van der Waals surface area contributed by atoms with Gasteiger partial charge in [0, 0.05) is 38.1 Å². The Hall–Kier alpha value is -1.86. The average Bonchev–Trinajstić information content (AvgIpc) is 2.62. The molecule has 2 N–H and O–H groups in total. The molecule has 2 rings (SSSR count). The number of rotatable bonds is 8. The first kappa shape index (κ1) is 19.5. The smallest absolute Gasteiger partial charge is 0.223 e. The molecule has 25 heavy (non-hydrogen) atoms. The third-order valence-corrected chi connectivity index (χ3v) is 4.30. The van der Waals surface area contributed by atoms with Crippen LogP contribution in [0.15, 0.2) is 18.2 Å². The Kier molecular flexibility index (Phi) is 7.46. The van der Waals surface area contributed by atoms with Crippen LogP contribution in [0.1, 0.15) is 42.5 Å². The van der Waals surface area contributed by atoms with Gasteiger partial charge in [0.2, 0.25) is 5.91 Å². The number of ether oxygens (including phenoxy) is 1. The summed E-state index contributed by atoms with van der Waals surface area (Å²) in [7, 11) is 0. The van der Waals surface area contributed by atoms with Crippen molar-refractivity contribution in [2.24, 2.45) is 5.73 Å². The van der Waals surface area contributed by atoms with E-state index in [4.69, 9.17) is 10.5 Å². The molecule has 1 aliphatic heterocycles. The Labute approximate surface area is 146 Å². The summed E-state index contributed by atoms with van der Waals surface area (Å²) in [6.07, 6.45) is 2.57. The Morgan fingerprint density at radius 3 is 2.52 bits per heavy atom. The molecule has 1 aromatic rings. The van der Waals surface area contributed by atoms with Crippen LogP contribution in [0.4, 0.5) is 8.78 Å². The molecular formula is C18H24F2N2O3. The van der Waals surface area contributed by atoms with Crippen LogP contribution >= 0.6 is 0 Å². The van der Waals surface area contributed by atoms with Gasteiger partial charge in [-0.2, -0.15) is 0 Å². The highest BCUT2D eigenvalue weighted by atomic mass is 19.2. The van der Waals surface area contributed by atoms with Gasteiger partial charge in [0.15, 0.2) is 17.4 Å². The van der Waals surface area contributed by atoms with Crippen LogP contribution in [0.25, 0.3) is 0 Å². The van der Waals surface area contributed by atoms with Gasteiger partial charge in [-0.25, -0.2) is 8.78 Å². The summed E-state index contributed by atoms with van der Waals surface area (Å²) in [5, 5.41) is 0. The number of nitrogens with two attached hydrogens (primary N) is 1. The minimum Gasteiger partial charge on any atom is -0.378 e. The molecule has 1 aromatic carbocycles. The predicted octanol–water partition coefficient (Wildman–Crippen LogP) is 2.28. The van der Waals surface area contributed by atoms with E-state index in [2.05, 4.69) is 0 Å². The number of ketones is 1. The summed E-state index contributed by atoms with van der Waals surface area (Å²) in [5.41, 5.74) is 5.50. The number of piperidine rings is 1.